The van der Waals surface area contributed by atoms with Gasteiger partial charge < -0.3 is 4.74 Å². The van der Waals surface area contributed by atoms with Crippen molar-refractivity contribution in [2.45, 2.75) is 38.9 Å². The van der Waals surface area contributed by atoms with Crippen molar-refractivity contribution in [3.63, 3.8) is 0 Å². The maximum Gasteiger partial charge on any atom is 0.315 e. The number of rotatable bonds is 6. The molecule has 0 saturated carbocycles. The van der Waals surface area contributed by atoms with Crippen molar-refractivity contribution in [1.82, 2.24) is 0 Å². The monoisotopic (exact) mass is 218 g/mol. The van der Waals surface area contributed by atoms with Crippen LogP contribution < -0.4 is 0 Å². The van der Waals surface area contributed by atoms with Crippen LogP contribution >= 0.6 is 11.8 Å². The number of hydrogen-bond acceptors (Lipinski definition) is 4. The average Bonchev–Trinajstić information content (AvgIpc) is 2.11. The number of ketones is 1. The highest BCUT2D eigenvalue weighted by molar-refractivity contribution is 8.02. The van der Waals surface area contributed by atoms with Crippen LogP contribution in [0.4, 0.5) is 0 Å². The summed E-state index contributed by atoms with van der Waals surface area (Å²) in [7, 11) is 0. The maximum absolute atomic E-state index is 11.1. The minimum atomic E-state index is -0.495. The molecule has 0 fully saturated rings. The Morgan fingerprint density at radius 2 is 1.93 bits per heavy atom. The summed E-state index contributed by atoms with van der Waals surface area (Å²) < 4.78 is 4.40. The number of thioether (sulfide) groups is 1. The van der Waals surface area contributed by atoms with Crippen molar-refractivity contribution in [2.24, 2.45) is 0 Å². The fourth-order valence-corrected chi connectivity index (χ4v) is 1.36. The van der Waals surface area contributed by atoms with Crippen LogP contribution in [-0.2, 0) is 14.3 Å². The highest BCUT2D eigenvalue weighted by atomic mass is 32.2. The van der Waals surface area contributed by atoms with Gasteiger partial charge in [-0.1, -0.05) is 6.92 Å². The second-order valence-corrected chi connectivity index (χ2v) is 5.17. The van der Waals surface area contributed by atoms with Crippen LogP contribution in [0.25, 0.3) is 0 Å². The largest absolute Gasteiger partial charge is 0.465 e. The third-order valence-electron chi connectivity index (χ3n) is 1.87. The lowest BCUT2D eigenvalue weighted by Crippen LogP contribution is -2.27. The molecule has 0 amide bonds. The summed E-state index contributed by atoms with van der Waals surface area (Å²) in [4.78, 5) is 22.2. The van der Waals surface area contributed by atoms with Gasteiger partial charge in [-0.2, -0.15) is 0 Å². The zero-order valence-electron chi connectivity index (χ0n) is 9.25. The molecular weight excluding hydrogens is 200 g/mol. The molecule has 82 valence electrons. The number of Topliss-reactive ketones (excluding diaryl/α,β-unsaturated/α-hetero) is 1. The molecule has 0 aliphatic heterocycles. The molecule has 0 heterocycles. The van der Waals surface area contributed by atoms with Crippen molar-refractivity contribution in [1.29, 1.82) is 0 Å². The molecule has 0 aliphatic rings. The summed E-state index contributed by atoms with van der Waals surface area (Å²) in [5, 5.41) is 0. The normalized spacial score (nSPS) is 11.1. The topological polar surface area (TPSA) is 43.4 Å². The Morgan fingerprint density at radius 1 is 1.36 bits per heavy atom. The van der Waals surface area contributed by atoms with E-state index in [1.165, 1.54) is 18.7 Å². The lowest BCUT2D eigenvalue weighted by Gasteiger charge is -2.19. The Hall–Kier alpha value is -0.510. The van der Waals surface area contributed by atoms with Gasteiger partial charge in [-0.25, -0.2) is 0 Å². The quantitative estimate of drug-likeness (QED) is 0.640. The van der Waals surface area contributed by atoms with E-state index in [9.17, 15) is 9.59 Å². The fraction of sp³-hybridized carbons (Fsp3) is 0.800. The van der Waals surface area contributed by atoms with Crippen LogP contribution in [0.15, 0.2) is 0 Å². The van der Waals surface area contributed by atoms with Gasteiger partial charge in [0.15, 0.2) is 0 Å². The zero-order chi connectivity index (χ0) is 11.2. The third kappa shape index (κ3) is 5.27. The second kappa shape index (κ2) is 6.06. The van der Waals surface area contributed by atoms with E-state index in [0.717, 1.165) is 6.42 Å². The van der Waals surface area contributed by atoms with Crippen molar-refractivity contribution in [3.05, 3.63) is 0 Å². The SMILES string of the molecule is CCCOC(=O)CSC(C)(C)C(C)=O. The summed E-state index contributed by atoms with van der Waals surface area (Å²) >= 11 is 1.32. The van der Waals surface area contributed by atoms with E-state index in [0.29, 0.717) is 6.61 Å². The van der Waals surface area contributed by atoms with Crippen molar-refractivity contribution in [2.75, 3.05) is 12.4 Å². The van der Waals surface area contributed by atoms with Gasteiger partial charge in [-0.05, 0) is 27.2 Å². The van der Waals surface area contributed by atoms with E-state index in [4.69, 9.17) is 4.74 Å². The maximum atomic E-state index is 11.1. The van der Waals surface area contributed by atoms with E-state index >= 15 is 0 Å². The summed E-state index contributed by atoms with van der Waals surface area (Å²) in [6, 6.07) is 0. The first-order valence-electron chi connectivity index (χ1n) is 4.70. The van der Waals surface area contributed by atoms with Crippen LogP contribution in [0, 0.1) is 0 Å². The first-order valence-corrected chi connectivity index (χ1v) is 5.69. The Morgan fingerprint density at radius 3 is 2.36 bits per heavy atom. The van der Waals surface area contributed by atoms with Gasteiger partial charge in [-0.3, -0.25) is 9.59 Å². The van der Waals surface area contributed by atoms with Crippen molar-refractivity contribution in [3.8, 4) is 0 Å². The fourth-order valence-electron chi connectivity index (χ4n) is 0.599. The second-order valence-electron chi connectivity index (χ2n) is 3.58. The molecule has 0 saturated heterocycles. The van der Waals surface area contributed by atoms with Gasteiger partial charge in [0, 0.05) is 0 Å². The molecule has 0 spiro atoms. The lowest BCUT2D eigenvalue weighted by atomic mass is 10.1. The Kier molecular flexibility index (Phi) is 5.84. The third-order valence-corrected chi connectivity index (χ3v) is 3.26. The molecule has 14 heavy (non-hydrogen) atoms. The van der Waals surface area contributed by atoms with Gasteiger partial charge in [0.2, 0.25) is 0 Å². The highest BCUT2D eigenvalue weighted by Crippen LogP contribution is 2.25. The van der Waals surface area contributed by atoms with Gasteiger partial charge >= 0.3 is 5.97 Å². The standard InChI is InChI=1S/C10H18O3S/c1-5-6-13-9(12)7-14-10(3,4)8(2)11/h5-7H2,1-4H3. The van der Waals surface area contributed by atoms with Gasteiger partial charge in [0.25, 0.3) is 0 Å². The van der Waals surface area contributed by atoms with Crippen LogP contribution in [0.3, 0.4) is 0 Å². The summed E-state index contributed by atoms with van der Waals surface area (Å²) in [6.07, 6.45) is 0.826. The van der Waals surface area contributed by atoms with Gasteiger partial charge in [-0.15, -0.1) is 11.8 Å². The molecule has 0 radical (unpaired) electrons. The van der Waals surface area contributed by atoms with Crippen LogP contribution in [0.5, 0.6) is 0 Å². The molecule has 3 nitrogen and oxygen atoms in total. The van der Waals surface area contributed by atoms with E-state index < -0.39 is 4.75 Å². The molecule has 0 bridgehead atoms. The molecule has 0 aromatic heterocycles. The molecule has 0 aliphatic carbocycles. The predicted octanol–water partition coefficient (Wildman–Crippen LogP) is 2.04. The summed E-state index contributed by atoms with van der Waals surface area (Å²) in [6.45, 7) is 7.56. The smallest absolute Gasteiger partial charge is 0.315 e. The van der Waals surface area contributed by atoms with Crippen LogP contribution in [0.1, 0.15) is 34.1 Å². The number of ether oxygens (including phenoxy) is 1. The van der Waals surface area contributed by atoms with Gasteiger partial charge in [0.05, 0.1) is 17.1 Å². The first-order chi connectivity index (χ1) is 6.40. The van der Waals surface area contributed by atoms with E-state index in [1.807, 2.05) is 20.8 Å². The molecule has 0 N–H and O–H groups in total. The zero-order valence-corrected chi connectivity index (χ0v) is 10.1. The molecule has 0 aromatic rings. The summed E-state index contributed by atoms with van der Waals surface area (Å²) in [5.41, 5.74) is 0. The average molecular weight is 218 g/mol. The van der Waals surface area contributed by atoms with E-state index in [-0.39, 0.29) is 17.5 Å². The Bertz CT molecular complexity index is 211. The predicted molar refractivity (Wildman–Crippen MR) is 58.5 cm³/mol. The van der Waals surface area contributed by atoms with Crippen LogP contribution in [-0.4, -0.2) is 28.9 Å². The Labute approximate surface area is 89.6 Å². The molecule has 0 aromatic carbocycles. The summed E-state index contributed by atoms with van der Waals surface area (Å²) in [5.74, 6) is 0.0732. The minimum Gasteiger partial charge on any atom is -0.465 e. The number of carbonyl (C=O) groups excluding carboxylic acids is 2. The van der Waals surface area contributed by atoms with E-state index in [2.05, 4.69) is 0 Å². The number of hydrogen-bond donors (Lipinski definition) is 0. The van der Waals surface area contributed by atoms with Crippen molar-refractivity contribution >= 4 is 23.5 Å². The van der Waals surface area contributed by atoms with E-state index in [1.54, 1.807) is 0 Å². The molecule has 0 unspecified atom stereocenters. The molecule has 0 rings (SSSR count). The van der Waals surface area contributed by atoms with Gasteiger partial charge in [0.1, 0.15) is 5.78 Å². The molecule has 0 atom stereocenters. The minimum absolute atomic E-state index is 0.0748. The lowest BCUT2D eigenvalue weighted by molar-refractivity contribution is -0.140. The first kappa shape index (κ1) is 13.5. The van der Waals surface area contributed by atoms with Crippen LogP contribution in [0.2, 0.25) is 0 Å². The number of esters is 1. The highest BCUT2D eigenvalue weighted by Gasteiger charge is 2.25. The molecule has 4 heteroatoms. The Balaban J connectivity index is 3.82. The number of carbonyl (C=O) groups is 2. The van der Waals surface area contributed by atoms with Crippen molar-refractivity contribution < 1.29 is 14.3 Å². The molecular formula is C10H18O3S.